The number of aliphatic hydroxyl groups excluding tert-OH is 2. The molecule has 9 heteroatoms. The summed E-state index contributed by atoms with van der Waals surface area (Å²) in [5.41, 5.74) is 0.562. The first-order valence-corrected chi connectivity index (χ1v) is 14.0. The summed E-state index contributed by atoms with van der Waals surface area (Å²) in [7, 11) is 0. The van der Waals surface area contributed by atoms with Crippen LogP contribution in [-0.2, 0) is 9.53 Å². The van der Waals surface area contributed by atoms with E-state index in [1.54, 1.807) is 10.6 Å². The van der Waals surface area contributed by atoms with Crippen molar-refractivity contribution in [2.24, 2.45) is 0 Å². The third-order valence-electron chi connectivity index (χ3n) is 7.14. The molecule has 0 aromatic carbocycles. The highest BCUT2D eigenvalue weighted by Crippen LogP contribution is 2.34. The molecule has 37 heavy (non-hydrogen) atoms. The number of ether oxygens (including phenoxy) is 1. The van der Waals surface area contributed by atoms with Gasteiger partial charge < -0.3 is 25.3 Å². The maximum Gasteiger partial charge on any atom is 0.277 e. The molecule has 1 aliphatic rings. The Balaban J connectivity index is 1.39. The zero-order valence-electron chi connectivity index (χ0n) is 22.2. The molecule has 3 rings (SSSR count). The molecule has 2 aromatic rings. The van der Waals surface area contributed by atoms with Crippen LogP contribution in [-0.4, -0.2) is 49.5 Å². The van der Waals surface area contributed by atoms with Gasteiger partial charge in [0, 0.05) is 18.1 Å². The Labute approximate surface area is 219 Å². The molecule has 0 bridgehead atoms. The molecule has 3 heterocycles. The van der Waals surface area contributed by atoms with E-state index in [1.807, 2.05) is 0 Å². The first-order chi connectivity index (χ1) is 18.0. The number of imidazole rings is 1. The van der Waals surface area contributed by atoms with Crippen LogP contribution >= 0.6 is 0 Å². The van der Waals surface area contributed by atoms with Crippen LogP contribution in [0.25, 0.3) is 11.0 Å². The van der Waals surface area contributed by atoms with Gasteiger partial charge in [-0.3, -0.25) is 14.2 Å². The Morgan fingerprint density at radius 3 is 2.24 bits per heavy atom. The number of fused-ring (bicyclic) bond motifs is 1. The summed E-state index contributed by atoms with van der Waals surface area (Å²) in [5, 5.41) is 22.4. The van der Waals surface area contributed by atoms with E-state index in [1.165, 1.54) is 70.5 Å². The molecule has 1 aliphatic heterocycles. The Morgan fingerprint density at radius 1 is 1.08 bits per heavy atom. The fourth-order valence-corrected chi connectivity index (χ4v) is 4.91. The maximum absolute atomic E-state index is 12.5. The van der Waals surface area contributed by atoms with Gasteiger partial charge in [0.2, 0.25) is 5.91 Å². The standard InChI is InChI=1S/C28H44N4O5/c1-3-4-5-6-7-8-9-10-11-12-13-14-15-16-24(34)30-23-17-21-25(27(36)31-23)29-19-32(21)28-20(2)26(35)22(18-33)37-28/h17,19,22,26,28,33,35H,2-16,18H2,1H3,(H2,30,31,34,36)/t22-,26+,28-/m1/s1. The molecule has 1 fully saturated rings. The molecule has 0 unspecified atom stereocenters. The smallest absolute Gasteiger partial charge is 0.277 e. The van der Waals surface area contributed by atoms with Crippen molar-refractivity contribution < 1.29 is 19.7 Å². The number of carbonyl (C=O) groups excluding carboxylic acids is 1. The van der Waals surface area contributed by atoms with Gasteiger partial charge in [0.1, 0.15) is 18.0 Å². The number of rotatable bonds is 17. The van der Waals surface area contributed by atoms with Crippen LogP contribution in [0.1, 0.15) is 103 Å². The fourth-order valence-electron chi connectivity index (χ4n) is 4.91. The summed E-state index contributed by atoms with van der Waals surface area (Å²) in [6.45, 7) is 5.76. The SMILES string of the molecule is C=C1[C@H](n2cnc3c(=O)[nH]c(NC(=O)CCCCCCCCCCCCCCC)cc32)O[C@H](CO)[C@H]1O. The molecular formula is C28H44N4O5. The predicted molar refractivity (Wildman–Crippen MR) is 145 cm³/mol. The Bertz CT molecular complexity index is 1060. The number of carbonyl (C=O) groups is 1. The second-order valence-corrected chi connectivity index (χ2v) is 10.2. The summed E-state index contributed by atoms with van der Waals surface area (Å²) in [6.07, 6.45) is 15.5. The molecule has 3 atom stereocenters. The van der Waals surface area contributed by atoms with Crippen molar-refractivity contribution in [1.82, 2.24) is 14.5 Å². The van der Waals surface area contributed by atoms with Crippen molar-refractivity contribution in [2.75, 3.05) is 11.9 Å². The van der Waals surface area contributed by atoms with Crippen molar-refractivity contribution in [3.8, 4) is 0 Å². The molecule has 4 N–H and O–H groups in total. The molecule has 0 aliphatic carbocycles. The van der Waals surface area contributed by atoms with Gasteiger partial charge in [0.25, 0.3) is 5.56 Å². The Hall–Kier alpha value is -2.49. The molecule has 0 spiro atoms. The van der Waals surface area contributed by atoms with Crippen molar-refractivity contribution in [3.05, 3.63) is 34.9 Å². The first kappa shape index (κ1) is 29.1. The van der Waals surface area contributed by atoms with Gasteiger partial charge in [-0.1, -0.05) is 90.6 Å². The average Bonchev–Trinajstić information content (AvgIpc) is 3.42. The number of aromatic nitrogens is 3. The molecule has 0 saturated carbocycles. The van der Waals surface area contributed by atoms with Crippen molar-refractivity contribution in [2.45, 2.75) is 115 Å². The topological polar surface area (TPSA) is 129 Å². The highest BCUT2D eigenvalue weighted by atomic mass is 16.5. The highest BCUT2D eigenvalue weighted by Gasteiger charge is 2.38. The van der Waals surface area contributed by atoms with Gasteiger partial charge in [0.05, 0.1) is 18.5 Å². The van der Waals surface area contributed by atoms with Crippen molar-refractivity contribution >= 4 is 22.8 Å². The van der Waals surface area contributed by atoms with Crippen LogP contribution < -0.4 is 10.9 Å². The quantitative estimate of drug-likeness (QED) is 0.174. The molecule has 1 amide bonds. The van der Waals surface area contributed by atoms with Crippen molar-refractivity contribution in [1.29, 1.82) is 0 Å². The molecular weight excluding hydrogens is 472 g/mol. The molecule has 1 saturated heterocycles. The summed E-state index contributed by atoms with van der Waals surface area (Å²) >= 11 is 0. The summed E-state index contributed by atoms with van der Waals surface area (Å²) < 4.78 is 7.28. The van der Waals surface area contributed by atoms with Crippen LogP contribution in [0.5, 0.6) is 0 Å². The molecule has 0 radical (unpaired) electrons. The van der Waals surface area contributed by atoms with Gasteiger partial charge in [0.15, 0.2) is 11.7 Å². The van der Waals surface area contributed by atoms with E-state index in [0.717, 1.165) is 19.3 Å². The van der Waals surface area contributed by atoms with Gasteiger partial charge in [-0.05, 0) is 6.42 Å². The van der Waals surface area contributed by atoms with E-state index < -0.39 is 24.0 Å². The minimum Gasteiger partial charge on any atom is -0.394 e. The van der Waals surface area contributed by atoms with E-state index in [2.05, 4.69) is 28.8 Å². The lowest BCUT2D eigenvalue weighted by molar-refractivity contribution is -0.116. The van der Waals surface area contributed by atoms with E-state index in [-0.39, 0.29) is 23.8 Å². The first-order valence-electron chi connectivity index (χ1n) is 14.0. The van der Waals surface area contributed by atoms with Gasteiger partial charge in [-0.2, -0.15) is 0 Å². The van der Waals surface area contributed by atoms with Gasteiger partial charge >= 0.3 is 0 Å². The number of anilines is 1. The van der Waals surface area contributed by atoms with E-state index in [9.17, 15) is 19.8 Å². The van der Waals surface area contributed by atoms with E-state index in [4.69, 9.17) is 4.74 Å². The van der Waals surface area contributed by atoms with E-state index >= 15 is 0 Å². The number of amides is 1. The zero-order chi connectivity index (χ0) is 26.6. The largest absolute Gasteiger partial charge is 0.394 e. The summed E-state index contributed by atoms with van der Waals surface area (Å²) in [6, 6.07) is 1.63. The monoisotopic (exact) mass is 516 g/mol. The number of hydrogen-bond donors (Lipinski definition) is 4. The number of aromatic amines is 1. The van der Waals surface area contributed by atoms with Gasteiger partial charge in [-0.25, -0.2) is 4.98 Å². The zero-order valence-corrected chi connectivity index (χ0v) is 22.2. The number of H-pyrrole nitrogens is 1. The number of pyridine rings is 1. The van der Waals surface area contributed by atoms with Gasteiger partial charge in [-0.15, -0.1) is 0 Å². The minimum atomic E-state index is -1.02. The van der Waals surface area contributed by atoms with Crippen LogP contribution in [0, 0.1) is 0 Å². The number of nitrogens with one attached hydrogen (secondary N) is 2. The average molecular weight is 517 g/mol. The molecule has 2 aromatic heterocycles. The summed E-state index contributed by atoms with van der Waals surface area (Å²) in [5.74, 6) is 0.128. The maximum atomic E-state index is 12.5. The number of unbranched alkanes of at least 4 members (excludes halogenated alkanes) is 12. The third kappa shape index (κ3) is 8.25. The lowest BCUT2D eigenvalue weighted by Gasteiger charge is -2.15. The normalized spacial score (nSPS) is 19.6. The predicted octanol–water partition coefficient (Wildman–Crippen LogP) is 4.95. The Kier molecular flexibility index (Phi) is 11.8. The number of hydrogen-bond acceptors (Lipinski definition) is 6. The van der Waals surface area contributed by atoms with Crippen molar-refractivity contribution in [3.63, 3.8) is 0 Å². The second-order valence-electron chi connectivity index (χ2n) is 10.2. The van der Waals surface area contributed by atoms with Crippen LogP contribution in [0.4, 0.5) is 5.82 Å². The Morgan fingerprint density at radius 2 is 1.68 bits per heavy atom. The fraction of sp³-hybridized carbons (Fsp3) is 0.679. The number of aliphatic hydroxyl groups is 2. The summed E-state index contributed by atoms with van der Waals surface area (Å²) in [4.78, 5) is 31.8. The highest BCUT2D eigenvalue weighted by molar-refractivity contribution is 5.91. The lowest BCUT2D eigenvalue weighted by atomic mass is 10.0. The lowest BCUT2D eigenvalue weighted by Crippen LogP contribution is -2.25. The molecule has 206 valence electrons. The molecule has 9 nitrogen and oxygen atoms in total. The second kappa shape index (κ2) is 15.1. The van der Waals surface area contributed by atoms with Crippen LogP contribution in [0.2, 0.25) is 0 Å². The van der Waals surface area contributed by atoms with Crippen LogP contribution in [0.15, 0.2) is 29.3 Å². The third-order valence-corrected chi connectivity index (χ3v) is 7.14. The number of nitrogens with zero attached hydrogens (tertiary/aromatic N) is 2. The van der Waals surface area contributed by atoms with E-state index in [0.29, 0.717) is 17.5 Å². The minimum absolute atomic E-state index is 0.151. The van der Waals surface area contributed by atoms with Crippen LogP contribution in [0.3, 0.4) is 0 Å².